The first-order valence-corrected chi connectivity index (χ1v) is 8.71. The number of ether oxygens (including phenoxy) is 1. The molecule has 0 bridgehead atoms. The molecule has 0 aliphatic carbocycles. The van der Waals surface area contributed by atoms with Gasteiger partial charge >= 0.3 is 0 Å². The van der Waals surface area contributed by atoms with Gasteiger partial charge in [-0.25, -0.2) is 9.97 Å². The number of fused-ring (bicyclic) bond motifs is 1. The Morgan fingerprint density at radius 1 is 1.23 bits per heavy atom. The Hall–Kier alpha value is -2.93. The molecule has 3 aromatic heterocycles. The van der Waals surface area contributed by atoms with Crippen LogP contribution in [0.4, 0.5) is 5.82 Å². The molecule has 1 saturated heterocycles. The van der Waals surface area contributed by atoms with Gasteiger partial charge in [0, 0.05) is 31.0 Å². The number of imidazole rings is 1. The number of rotatable bonds is 4. The van der Waals surface area contributed by atoms with E-state index in [9.17, 15) is 4.79 Å². The Balaban J connectivity index is 1.43. The molecule has 1 N–H and O–H groups in total. The van der Waals surface area contributed by atoms with Gasteiger partial charge in [0.15, 0.2) is 0 Å². The van der Waals surface area contributed by atoms with E-state index in [2.05, 4.69) is 20.2 Å². The molecule has 134 valence electrons. The van der Waals surface area contributed by atoms with Crippen LogP contribution in [0.5, 0.6) is 0 Å². The monoisotopic (exact) mass is 351 g/mol. The quantitative estimate of drug-likeness (QED) is 0.776. The van der Waals surface area contributed by atoms with Gasteiger partial charge in [0.05, 0.1) is 31.1 Å². The third-order valence-corrected chi connectivity index (χ3v) is 4.40. The Morgan fingerprint density at radius 2 is 2.08 bits per heavy atom. The average Bonchev–Trinajstić information content (AvgIpc) is 3.06. The minimum atomic E-state index is -0.133. The SMILES string of the molecule is Cc1cn2ccc(C(=O)NCc3cccc(N4CCOCC4)n3)cc2n1. The van der Waals surface area contributed by atoms with E-state index in [1.807, 2.05) is 41.9 Å². The summed E-state index contributed by atoms with van der Waals surface area (Å²) in [5, 5.41) is 2.94. The minimum Gasteiger partial charge on any atom is -0.378 e. The van der Waals surface area contributed by atoms with Crippen LogP contribution in [0.1, 0.15) is 21.7 Å². The lowest BCUT2D eigenvalue weighted by Gasteiger charge is -2.28. The number of morpholine rings is 1. The van der Waals surface area contributed by atoms with Gasteiger partial charge in [-0.05, 0) is 31.2 Å². The second-order valence-corrected chi connectivity index (χ2v) is 6.33. The van der Waals surface area contributed by atoms with E-state index in [0.29, 0.717) is 12.1 Å². The molecular weight excluding hydrogens is 330 g/mol. The van der Waals surface area contributed by atoms with Crippen molar-refractivity contribution >= 4 is 17.4 Å². The number of anilines is 1. The molecule has 1 fully saturated rings. The van der Waals surface area contributed by atoms with Crippen LogP contribution < -0.4 is 10.2 Å². The maximum atomic E-state index is 12.5. The smallest absolute Gasteiger partial charge is 0.251 e. The molecule has 0 aromatic carbocycles. The molecule has 3 aromatic rings. The summed E-state index contributed by atoms with van der Waals surface area (Å²) in [6.07, 6.45) is 3.78. The molecule has 7 nitrogen and oxygen atoms in total. The summed E-state index contributed by atoms with van der Waals surface area (Å²) in [6.45, 7) is 5.44. The number of hydrogen-bond donors (Lipinski definition) is 1. The summed E-state index contributed by atoms with van der Waals surface area (Å²) >= 11 is 0. The van der Waals surface area contributed by atoms with Crippen LogP contribution in [0.15, 0.2) is 42.7 Å². The number of hydrogen-bond acceptors (Lipinski definition) is 5. The average molecular weight is 351 g/mol. The highest BCUT2D eigenvalue weighted by Crippen LogP contribution is 2.13. The van der Waals surface area contributed by atoms with Crippen molar-refractivity contribution < 1.29 is 9.53 Å². The number of amides is 1. The van der Waals surface area contributed by atoms with Gasteiger partial charge in [0.25, 0.3) is 5.91 Å². The summed E-state index contributed by atoms with van der Waals surface area (Å²) in [5.41, 5.74) is 3.11. The molecule has 7 heteroatoms. The first kappa shape index (κ1) is 16.5. The van der Waals surface area contributed by atoms with Crippen LogP contribution in [-0.4, -0.2) is 46.6 Å². The lowest BCUT2D eigenvalue weighted by molar-refractivity contribution is 0.0950. The van der Waals surface area contributed by atoms with E-state index < -0.39 is 0 Å². The second-order valence-electron chi connectivity index (χ2n) is 6.33. The third-order valence-electron chi connectivity index (χ3n) is 4.40. The molecule has 1 aliphatic rings. The van der Waals surface area contributed by atoms with Crippen LogP contribution in [0.2, 0.25) is 0 Å². The van der Waals surface area contributed by atoms with Gasteiger partial charge in [0.2, 0.25) is 0 Å². The van der Waals surface area contributed by atoms with Crippen LogP contribution in [0.25, 0.3) is 5.65 Å². The van der Waals surface area contributed by atoms with Gasteiger partial charge in [-0.2, -0.15) is 0 Å². The molecule has 0 unspecified atom stereocenters. The predicted molar refractivity (Wildman–Crippen MR) is 98.4 cm³/mol. The van der Waals surface area contributed by atoms with Gasteiger partial charge < -0.3 is 19.4 Å². The van der Waals surface area contributed by atoms with Crippen molar-refractivity contribution in [2.24, 2.45) is 0 Å². The highest BCUT2D eigenvalue weighted by molar-refractivity contribution is 5.94. The van der Waals surface area contributed by atoms with Gasteiger partial charge in [-0.15, -0.1) is 0 Å². The van der Waals surface area contributed by atoms with Crippen molar-refractivity contribution in [1.82, 2.24) is 19.7 Å². The summed E-state index contributed by atoms with van der Waals surface area (Å²) in [6, 6.07) is 9.47. The van der Waals surface area contributed by atoms with Crippen LogP contribution in [0.3, 0.4) is 0 Å². The number of nitrogens with one attached hydrogen (secondary N) is 1. The largest absolute Gasteiger partial charge is 0.378 e. The number of carbonyl (C=O) groups is 1. The first-order chi connectivity index (χ1) is 12.7. The van der Waals surface area contributed by atoms with E-state index in [1.165, 1.54) is 0 Å². The van der Waals surface area contributed by atoms with Gasteiger partial charge in [0.1, 0.15) is 11.5 Å². The number of aromatic nitrogens is 3. The van der Waals surface area contributed by atoms with E-state index in [-0.39, 0.29) is 5.91 Å². The van der Waals surface area contributed by atoms with E-state index in [4.69, 9.17) is 4.74 Å². The number of nitrogens with zero attached hydrogens (tertiary/aromatic N) is 4. The van der Waals surface area contributed by atoms with Crippen molar-refractivity contribution in [2.45, 2.75) is 13.5 Å². The third kappa shape index (κ3) is 3.52. The van der Waals surface area contributed by atoms with Gasteiger partial charge in [-0.1, -0.05) is 6.07 Å². The lowest BCUT2D eigenvalue weighted by Crippen LogP contribution is -2.37. The van der Waals surface area contributed by atoms with Crippen molar-refractivity contribution in [3.8, 4) is 0 Å². The topological polar surface area (TPSA) is 71.8 Å². The van der Waals surface area contributed by atoms with Crippen molar-refractivity contribution in [1.29, 1.82) is 0 Å². The Labute approximate surface area is 151 Å². The maximum Gasteiger partial charge on any atom is 0.251 e. The van der Waals surface area contributed by atoms with Gasteiger partial charge in [-0.3, -0.25) is 4.79 Å². The lowest BCUT2D eigenvalue weighted by atomic mass is 10.2. The summed E-state index contributed by atoms with van der Waals surface area (Å²) in [7, 11) is 0. The molecule has 0 saturated carbocycles. The van der Waals surface area contributed by atoms with Crippen LogP contribution in [-0.2, 0) is 11.3 Å². The molecule has 0 radical (unpaired) electrons. The predicted octanol–water partition coefficient (Wildman–Crippen LogP) is 1.80. The molecule has 4 rings (SSSR count). The summed E-state index contributed by atoms with van der Waals surface area (Å²) < 4.78 is 7.28. The molecule has 4 heterocycles. The molecular formula is C19H21N5O2. The molecule has 0 spiro atoms. The summed E-state index contributed by atoms with van der Waals surface area (Å²) in [5.74, 6) is 0.793. The van der Waals surface area contributed by atoms with Crippen LogP contribution in [0, 0.1) is 6.92 Å². The fourth-order valence-corrected chi connectivity index (χ4v) is 3.06. The first-order valence-electron chi connectivity index (χ1n) is 8.71. The standard InChI is InChI=1S/C19H21N5O2/c1-14-13-24-6-5-15(11-18(24)21-14)19(25)20-12-16-3-2-4-17(22-16)23-7-9-26-10-8-23/h2-6,11,13H,7-10,12H2,1H3,(H,20,25). The Kier molecular flexibility index (Phi) is 4.53. The Bertz CT molecular complexity index is 931. The fraction of sp³-hybridized carbons (Fsp3) is 0.316. The number of carbonyl (C=O) groups excluding carboxylic acids is 1. The highest BCUT2D eigenvalue weighted by atomic mass is 16.5. The maximum absolute atomic E-state index is 12.5. The van der Waals surface area contributed by atoms with E-state index in [1.54, 1.807) is 12.1 Å². The van der Waals surface area contributed by atoms with Crippen molar-refractivity contribution in [3.05, 3.63) is 59.7 Å². The zero-order valence-corrected chi connectivity index (χ0v) is 14.7. The second kappa shape index (κ2) is 7.13. The molecule has 26 heavy (non-hydrogen) atoms. The number of pyridine rings is 2. The van der Waals surface area contributed by atoms with Crippen molar-refractivity contribution in [3.63, 3.8) is 0 Å². The normalized spacial score (nSPS) is 14.6. The summed E-state index contributed by atoms with van der Waals surface area (Å²) in [4.78, 5) is 23.7. The van der Waals surface area contributed by atoms with E-state index in [0.717, 1.165) is 49.2 Å². The van der Waals surface area contributed by atoms with Crippen molar-refractivity contribution in [2.75, 3.05) is 31.2 Å². The Morgan fingerprint density at radius 3 is 2.92 bits per heavy atom. The van der Waals surface area contributed by atoms with E-state index >= 15 is 0 Å². The van der Waals surface area contributed by atoms with Crippen LogP contribution >= 0.6 is 0 Å². The highest BCUT2D eigenvalue weighted by Gasteiger charge is 2.13. The minimum absolute atomic E-state index is 0.133. The number of aryl methyl sites for hydroxylation is 1. The fourth-order valence-electron chi connectivity index (χ4n) is 3.06. The molecule has 1 amide bonds. The zero-order chi connectivity index (χ0) is 17.9. The molecule has 0 atom stereocenters. The zero-order valence-electron chi connectivity index (χ0n) is 14.7. The molecule has 1 aliphatic heterocycles.